The molecule has 0 saturated carbocycles. The summed E-state index contributed by atoms with van der Waals surface area (Å²) in [6.45, 7) is 4.38. The first-order valence-electron chi connectivity index (χ1n) is 7.47. The zero-order valence-corrected chi connectivity index (χ0v) is 12.7. The first kappa shape index (κ1) is 16.0. The molecule has 1 aromatic carbocycles. The number of pyridine rings is 1. The summed E-state index contributed by atoms with van der Waals surface area (Å²) >= 11 is 0. The summed E-state index contributed by atoms with van der Waals surface area (Å²) in [6.07, 6.45) is 2.65. The van der Waals surface area contributed by atoms with Crippen molar-refractivity contribution in [2.45, 2.75) is 13.3 Å². The predicted molar refractivity (Wildman–Crippen MR) is 86.2 cm³/mol. The number of amides is 1. The van der Waals surface area contributed by atoms with Gasteiger partial charge in [0.25, 0.3) is 5.91 Å². The van der Waals surface area contributed by atoms with Crippen LogP contribution in [-0.2, 0) is 0 Å². The lowest BCUT2D eigenvalue weighted by atomic mass is 10.3. The molecule has 1 amide bonds. The highest BCUT2D eigenvalue weighted by Gasteiger charge is 2.08. The number of aromatic nitrogens is 1. The van der Waals surface area contributed by atoms with E-state index in [9.17, 15) is 4.79 Å². The third kappa shape index (κ3) is 5.18. The molecule has 2 aromatic rings. The number of para-hydroxylation sites is 1. The molecule has 0 bridgehead atoms. The van der Waals surface area contributed by atoms with Gasteiger partial charge in [0.15, 0.2) is 0 Å². The Morgan fingerprint density at radius 2 is 1.91 bits per heavy atom. The molecule has 2 N–H and O–H groups in total. The number of hydrogen-bond acceptors (Lipinski definition) is 4. The minimum atomic E-state index is -0.197. The molecule has 5 heteroatoms. The maximum absolute atomic E-state index is 12.0. The van der Waals surface area contributed by atoms with Crippen LogP contribution in [0, 0.1) is 0 Å². The van der Waals surface area contributed by atoms with Gasteiger partial charge in [-0.1, -0.05) is 25.1 Å². The van der Waals surface area contributed by atoms with Crippen LogP contribution in [0.5, 0.6) is 11.5 Å². The van der Waals surface area contributed by atoms with Gasteiger partial charge in [0, 0.05) is 25.4 Å². The van der Waals surface area contributed by atoms with E-state index in [4.69, 9.17) is 4.74 Å². The molecule has 0 aliphatic heterocycles. The molecule has 5 nitrogen and oxygen atoms in total. The van der Waals surface area contributed by atoms with Crippen molar-refractivity contribution in [1.29, 1.82) is 0 Å². The Balaban J connectivity index is 1.89. The molecule has 1 aromatic heterocycles. The second-order valence-corrected chi connectivity index (χ2v) is 4.80. The van der Waals surface area contributed by atoms with E-state index in [0.717, 1.165) is 25.3 Å². The van der Waals surface area contributed by atoms with E-state index in [2.05, 4.69) is 22.5 Å². The molecule has 22 heavy (non-hydrogen) atoms. The fraction of sp³-hybridized carbons (Fsp3) is 0.294. The summed E-state index contributed by atoms with van der Waals surface area (Å²) < 4.78 is 5.69. The van der Waals surface area contributed by atoms with Crippen molar-refractivity contribution in [3.05, 3.63) is 54.4 Å². The number of nitrogens with one attached hydrogen (secondary N) is 2. The van der Waals surface area contributed by atoms with E-state index in [1.54, 1.807) is 18.3 Å². The highest BCUT2D eigenvalue weighted by molar-refractivity contribution is 5.92. The molecule has 2 rings (SSSR count). The minimum absolute atomic E-state index is 0.197. The number of carbonyl (C=O) groups excluding carboxylic acids is 1. The van der Waals surface area contributed by atoms with Gasteiger partial charge < -0.3 is 15.4 Å². The van der Waals surface area contributed by atoms with Crippen molar-refractivity contribution >= 4 is 5.91 Å². The van der Waals surface area contributed by atoms with Gasteiger partial charge in [0.2, 0.25) is 0 Å². The number of rotatable bonds is 8. The Morgan fingerprint density at radius 1 is 1.09 bits per heavy atom. The summed E-state index contributed by atoms with van der Waals surface area (Å²) in [4.78, 5) is 16.1. The highest BCUT2D eigenvalue weighted by Crippen LogP contribution is 2.20. The molecule has 1 heterocycles. The standard InChI is InChI=1S/C17H21N3O2/c1-2-9-18-11-12-20-17(21)16-13-15(8-10-19-16)22-14-6-4-3-5-7-14/h3-8,10,13,18H,2,9,11-12H2,1H3,(H,20,21). The second kappa shape index (κ2) is 8.79. The van der Waals surface area contributed by atoms with Crippen LogP contribution < -0.4 is 15.4 Å². The van der Waals surface area contributed by atoms with Crippen molar-refractivity contribution < 1.29 is 9.53 Å². The van der Waals surface area contributed by atoms with Crippen LogP contribution in [0.25, 0.3) is 0 Å². The summed E-state index contributed by atoms with van der Waals surface area (Å²) in [5.41, 5.74) is 0.351. The van der Waals surface area contributed by atoms with E-state index in [0.29, 0.717) is 18.0 Å². The van der Waals surface area contributed by atoms with Gasteiger partial charge in [0.1, 0.15) is 17.2 Å². The van der Waals surface area contributed by atoms with Crippen molar-refractivity contribution in [2.75, 3.05) is 19.6 Å². The average Bonchev–Trinajstić information content (AvgIpc) is 2.56. The van der Waals surface area contributed by atoms with Gasteiger partial charge in [-0.05, 0) is 31.2 Å². The average molecular weight is 299 g/mol. The molecule has 0 radical (unpaired) electrons. The van der Waals surface area contributed by atoms with Crippen LogP contribution in [0.4, 0.5) is 0 Å². The van der Waals surface area contributed by atoms with E-state index < -0.39 is 0 Å². The van der Waals surface area contributed by atoms with Gasteiger partial charge in [0.05, 0.1) is 0 Å². The van der Waals surface area contributed by atoms with Crippen LogP contribution >= 0.6 is 0 Å². The second-order valence-electron chi connectivity index (χ2n) is 4.80. The fourth-order valence-corrected chi connectivity index (χ4v) is 1.88. The Labute approximate surface area is 130 Å². The third-order valence-corrected chi connectivity index (χ3v) is 2.96. The van der Waals surface area contributed by atoms with Crippen molar-refractivity contribution in [2.24, 2.45) is 0 Å². The first-order chi connectivity index (χ1) is 10.8. The summed E-state index contributed by atoms with van der Waals surface area (Å²) in [5, 5.41) is 6.06. The summed E-state index contributed by atoms with van der Waals surface area (Å²) in [7, 11) is 0. The molecule has 116 valence electrons. The lowest BCUT2D eigenvalue weighted by Crippen LogP contribution is -2.32. The number of benzene rings is 1. The zero-order valence-electron chi connectivity index (χ0n) is 12.7. The molecular weight excluding hydrogens is 278 g/mol. The normalized spacial score (nSPS) is 10.2. The highest BCUT2D eigenvalue weighted by atomic mass is 16.5. The minimum Gasteiger partial charge on any atom is -0.457 e. The van der Waals surface area contributed by atoms with Crippen LogP contribution in [0.2, 0.25) is 0 Å². The molecule has 0 aliphatic rings. The molecular formula is C17H21N3O2. The van der Waals surface area contributed by atoms with Gasteiger partial charge in [-0.15, -0.1) is 0 Å². The van der Waals surface area contributed by atoms with Crippen LogP contribution in [0.15, 0.2) is 48.7 Å². The molecule has 0 atom stereocenters. The molecule has 0 saturated heterocycles. The number of nitrogens with zero attached hydrogens (tertiary/aromatic N) is 1. The smallest absolute Gasteiger partial charge is 0.270 e. The van der Waals surface area contributed by atoms with E-state index in [1.807, 2.05) is 30.3 Å². The lowest BCUT2D eigenvalue weighted by molar-refractivity contribution is 0.0948. The van der Waals surface area contributed by atoms with E-state index >= 15 is 0 Å². The first-order valence-corrected chi connectivity index (χ1v) is 7.47. The Bertz CT molecular complexity index is 587. The largest absolute Gasteiger partial charge is 0.457 e. The summed E-state index contributed by atoms with van der Waals surface area (Å²) in [5.74, 6) is 1.12. The zero-order chi connectivity index (χ0) is 15.6. The topological polar surface area (TPSA) is 63.2 Å². The molecule has 0 aliphatic carbocycles. The van der Waals surface area contributed by atoms with Gasteiger partial charge >= 0.3 is 0 Å². The van der Waals surface area contributed by atoms with E-state index in [-0.39, 0.29) is 5.91 Å². The van der Waals surface area contributed by atoms with Gasteiger partial charge in [-0.3, -0.25) is 9.78 Å². The summed E-state index contributed by atoms with van der Waals surface area (Å²) in [6, 6.07) is 12.8. The van der Waals surface area contributed by atoms with Crippen molar-refractivity contribution in [1.82, 2.24) is 15.6 Å². The van der Waals surface area contributed by atoms with Crippen LogP contribution in [0.1, 0.15) is 23.8 Å². The van der Waals surface area contributed by atoms with Crippen molar-refractivity contribution in [3.8, 4) is 11.5 Å². The maximum atomic E-state index is 12.0. The Hall–Kier alpha value is -2.40. The SMILES string of the molecule is CCCNCCNC(=O)c1cc(Oc2ccccc2)ccn1. The van der Waals surface area contributed by atoms with Crippen LogP contribution in [0.3, 0.4) is 0 Å². The number of carbonyl (C=O) groups is 1. The van der Waals surface area contributed by atoms with Gasteiger partial charge in [-0.25, -0.2) is 0 Å². The maximum Gasteiger partial charge on any atom is 0.270 e. The van der Waals surface area contributed by atoms with E-state index in [1.165, 1.54) is 0 Å². The monoisotopic (exact) mass is 299 g/mol. The van der Waals surface area contributed by atoms with Crippen LogP contribution in [-0.4, -0.2) is 30.5 Å². The Kier molecular flexibility index (Phi) is 6.39. The third-order valence-electron chi connectivity index (χ3n) is 2.96. The number of hydrogen-bond donors (Lipinski definition) is 2. The van der Waals surface area contributed by atoms with Crippen molar-refractivity contribution in [3.63, 3.8) is 0 Å². The fourth-order valence-electron chi connectivity index (χ4n) is 1.88. The number of ether oxygens (including phenoxy) is 1. The quantitative estimate of drug-likeness (QED) is 0.736. The molecule has 0 spiro atoms. The Morgan fingerprint density at radius 3 is 2.68 bits per heavy atom. The lowest BCUT2D eigenvalue weighted by Gasteiger charge is -2.08. The predicted octanol–water partition coefficient (Wildman–Crippen LogP) is 2.60. The molecule has 0 fully saturated rings. The molecule has 0 unspecified atom stereocenters. The van der Waals surface area contributed by atoms with Gasteiger partial charge in [-0.2, -0.15) is 0 Å².